The predicted octanol–water partition coefficient (Wildman–Crippen LogP) is 1.60. The van der Waals surface area contributed by atoms with E-state index in [-0.39, 0.29) is 23.0 Å². The minimum absolute atomic E-state index is 0.0767. The number of carbonyl (C=O) groups excluding carboxylic acids is 1. The molecule has 2 heterocycles. The van der Waals surface area contributed by atoms with E-state index in [0.29, 0.717) is 12.1 Å². The topological polar surface area (TPSA) is 76.8 Å². The van der Waals surface area contributed by atoms with Crippen LogP contribution in [0.5, 0.6) is 5.75 Å². The first-order valence-electron chi connectivity index (χ1n) is 7.65. The highest BCUT2D eigenvalue weighted by Crippen LogP contribution is 2.26. The number of hydrogen-bond donors (Lipinski definition) is 0. The molecule has 1 aromatic carbocycles. The Balaban J connectivity index is 2.14. The van der Waals surface area contributed by atoms with Gasteiger partial charge in [-0.05, 0) is 6.07 Å². The summed E-state index contributed by atoms with van der Waals surface area (Å²) >= 11 is 0. The fourth-order valence-electron chi connectivity index (χ4n) is 2.72. The average molecular weight is 344 g/mol. The van der Waals surface area contributed by atoms with Gasteiger partial charge in [0.2, 0.25) is 0 Å². The molecule has 2 aromatic rings. The maximum Gasteiger partial charge on any atom is 0.252 e. The second kappa shape index (κ2) is 6.46. The lowest BCUT2D eigenvalue weighted by molar-refractivity contribution is 0.100. The molecule has 1 aliphatic rings. The minimum Gasteiger partial charge on any atom is -0.491 e. The van der Waals surface area contributed by atoms with Crippen LogP contribution in [-0.4, -0.2) is 47.5 Å². The first kappa shape index (κ1) is 16.8. The van der Waals surface area contributed by atoms with Crippen molar-refractivity contribution in [2.24, 2.45) is 5.10 Å². The van der Waals surface area contributed by atoms with Crippen molar-refractivity contribution in [2.75, 3.05) is 20.7 Å². The van der Waals surface area contributed by atoms with Gasteiger partial charge in [-0.2, -0.15) is 10.2 Å². The van der Waals surface area contributed by atoms with Crippen LogP contribution in [0.15, 0.2) is 34.3 Å². The summed E-state index contributed by atoms with van der Waals surface area (Å²) in [6.07, 6.45) is 2.95. The molecule has 1 aliphatic heterocycles. The van der Waals surface area contributed by atoms with Crippen molar-refractivity contribution in [3.05, 3.63) is 51.7 Å². The number of likely N-dealkylation sites (N-methyl/N-ethyl adjacent to an activating group) is 1. The van der Waals surface area contributed by atoms with Gasteiger partial charge in [0.1, 0.15) is 5.69 Å². The van der Waals surface area contributed by atoms with E-state index in [4.69, 9.17) is 4.74 Å². The van der Waals surface area contributed by atoms with Crippen LogP contribution in [0.2, 0.25) is 0 Å². The van der Waals surface area contributed by atoms with Crippen LogP contribution in [-0.2, 0) is 0 Å². The Kier molecular flexibility index (Phi) is 4.35. The summed E-state index contributed by atoms with van der Waals surface area (Å²) in [6.45, 7) is 1.80. The lowest BCUT2D eigenvalue weighted by atomic mass is 9.99. The second-order valence-electron chi connectivity index (χ2n) is 5.77. The second-order valence-corrected chi connectivity index (χ2v) is 5.77. The first-order chi connectivity index (χ1) is 11.9. The summed E-state index contributed by atoms with van der Waals surface area (Å²) in [5, 5.41) is 9.84. The number of halogens is 1. The monoisotopic (exact) mass is 344 g/mol. The number of ketones is 1. The Bertz CT molecular complexity index is 923. The average Bonchev–Trinajstić information content (AvgIpc) is 3.01. The van der Waals surface area contributed by atoms with Crippen molar-refractivity contribution >= 4 is 12.0 Å². The summed E-state index contributed by atoms with van der Waals surface area (Å²) in [7, 11) is 3.12. The predicted molar refractivity (Wildman–Crippen MR) is 90.2 cm³/mol. The molecule has 130 valence electrons. The van der Waals surface area contributed by atoms with Crippen LogP contribution in [0.1, 0.15) is 28.9 Å². The molecule has 7 nitrogen and oxygen atoms in total. The van der Waals surface area contributed by atoms with Gasteiger partial charge in [-0.1, -0.05) is 12.1 Å². The number of carbonyl (C=O) groups is 1. The third kappa shape index (κ3) is 3.02. The number of benzene rings is 1. The Hall–Kier alpha value is -3.03. The molecular weight excluding hydrogens is 327 g/mol. The van der Waals surface area contributed by atoms with Crippen LogP contribution in [0.4, 0.5) is 4.39 Å². The van der Waals surface area contributed by atoms with Gasteiger partial charge in [-0.3, -0.25) is 14.6 Å². The van der Waals surface area contributed by atoms with Gasteiger partial charge in [-0.15, -0.1) is 0 Å². The molecule has 0 saturated heterocycles. The van der Waals surface area contributed by atoms with E-state index in [1.807, 2.05) is 7.05 Å². The van der Waals surface area contributed by atoms with Crippen molar-refractivity contribution in [1.29, 1.82) is 0 Å². The lowest BCUT2D eigenvalue weighted by Crippen LogP contribution is -2.22. The Morgan fingerprint density at radius 3 is 2.76 bits per heavy atom. The zero-order valence-electron chi connectivity index (χ0n) is 14.1. The van der Waals surface area contributed by atoms with Gasteiger partial charge in [0.05, 0.1) is 13.3 Å². The van der Waals surface area contributed by atoms with Gasteiger partial charge < -0.3 is 4.74 Å². The number of rotatable bonds is 4. The molecule has 0 fully saturated rings. The van der Waals surface area contributed by atoms with Gasteiger partial charge >= 0.3 is 0 Å². The summed E-state index contributed by atoms with van der Waals surface area (Å²) in [6, 6.07) is 4.90. The summed E-state index contributed by atoms with van der Waals surface area (Å²) in [4.78, 5) is 23.8. The highest BCUT2D eigenvalue weighted by atomic mass is 19.1. The molecule has 0 amide bonds. The van der Waals surface area contributed by atoms with E-state index in [0.717, 1.165) is 4.68 Å². The molecule has 0 aliphatic carbocycles. The fourth-order valence-corrected chi connectivity index (χ4v) is 2.72. The van der Waals surface area contributed by atoms with Gasteiger partial charge in [0.25, 0.3) is 5.43 Å². The molecular formula is C17H17FN4O3. The fraction of sp³-hybridized carbons (Fsp3) is 0.294. The lowest BCUT2D eigenvalue weighted by Gasteiger charge is -2.15. The molecule has 1 aromatic heterocycles. The zero-order chi connectivity index (χ0) is 18.1. The summed E-state index contributed by atoms with van der Waals surface area (Å²) < 4.78 is 21.2. The molecule has 1 unspecified atom stereocenters. The Labute approximate surface area is 143 Å². The molecule has 25 heavy (non-hydrogen) atoms. The molecule has 0 spiro atoms. The minimum atomic E-state index is -0.618. The Morgan fingerprint density at radius 2 is 2.16 bits per heavy atom. The number of ether oxygens (including phenoxy) is 1. The van der Waals surface area contributed by atoms with E-state index in [1.54, 1.807) is 23.4 Å². The van der Waals surface area contributed by atoms with Gasteiger partial charge in [0, 0.05) is 38.2 Å². The highest BCUT2D eigenvalue weighted by molar-refractivity contribution is 5.92. The SMILES string of the molecule is COc1cn(-c2cccc(C3C=NN(C)C3)c2F)nc(C(C)=O)c1=O. The standard InChI is InChI=1S/C17H17FN4O3/c1-10(23)16-17(24)14(25-3)9-22(20-16)13-6-4-5-12(15(13)18)11-7-19-21(2)8-11/h4-7,9,11H,8H2,1-3H3. The highest BCUT2D eigenvalue weighted by Gasteiger charge is 2.23. The Morgan fingerprint density at radius 1 is 1.40 bits per heavy atom. The smallest absolute Gasteiger partial charge is 0.252 e. The number of hydrogen-bond acceptors (Lipinski definition) is 6. The summed E-state index contributed by atoms with van der Waals surface area (Å²) in [5.41, 5.74) is -0.325. The van der Waals surface area contributed by atoms with Crippen molar-refractivity contribution < 1.29 is 13.9 Å². The number of Topliss-reactive ketones (excluding diaryl/α,β-unsaturated/α-hetero) is 1. The van der Waals surface area contributed by atoms with Crippen molar-refractivity contribution in [3.63, 3.8) is 0 Å². The van der Waals surface area contributed by atoms with Crippen LogP contribution in [0.3, 0.4) is 0 Å². The molecule has 0 radical (unpaired) electrons. The zero-order valence-corrected chi connectivity index (χ0v) is 14.1. The van der Waals surface area contributed by atoms with E-state index >= 15 is 4.39 Å². The van der Waals surface area contributed by atoms with Crippen molar-refractivity contribution in [3.8, 4) is 11.4 Å². The molecule has 0 bridgehead atoms. The van der Waals surface area contributed by atoms with E-state index < -0.39 is 17.0 Å². The molecule has 3 rings (SSSR count). The molecule has 1 atom stereocenters. The van der Waals surface area contributed by atoms with Crippen LogP contribution in [0, 0.1) is 5.82 Å². The number of aromatic nitrogens is 2. The maximum absolute atomic E-state index is 15.1. The van der Waals surface area contributed by atoms with Crippen molar-refractivity contribution in [2.45, 2.75) is 12.8 Å². The van der Waals surface area contributed by atoms with E-state index in [2.05, 4.69) is 10.2 Å². The van der Waals surface area contributed by atoms with Crippen LogP contribution in [0.25, 0.3) is 5.69 Å². The first-order valence-corrected chi connectivity index (χ1v) is 7.65. The van der Waals surface area contributed by atoms with Crippen molar-refractivity contribution in [1.82, 2.24) is 14.8 Å². The van der Waals surface area contributed by atoms with Crippen LogP contribution < -0.4 is 10.2 Å². The number of methoxy groups -OCH3 is 1. The summed E-state index contributed by atoms with van der Waals surface area (Å²) in [5.74, 6) is -1.26. The third-order valence-electron chi connectivity index (χ3n) is 4.00. The van der Waals surface area contributed by atoms with E-state index in [9.17, 15) is 9.59 Å². The normalized spacial score (nSPS) is 16.3. The van der Waals surface area contributed by atoms with Crippen LogP contribution >= 0.6 is 0 Å². The molecule has 8 heteroatoms. The number of hydrazone groups is 1. The third-order valence-corrected chi connectivity index (χ3v) is 4.00. The maximum atomic E-state index is 15.1. The quantitative estimate of drug-likeness (QED) is 0.788. The largest absolute Gasteiger partial charge is 0.491 e. The van der Waals surface area contributed by atoms with Gasteiger partial charge in [0.15, 0.2) is 23.0 Å². The molecule has 0 saturated carbocycles. The van der Waals surface area contributed by atoms with E-state index in [1.165, 1.54) is 26.3 Å². The number of nitrogens with zero attached hydrogens (tertiary/aromatic N) is 4. The van der Waals surface area contributed by atoms with Gasteiger partial charge in [-0.25, -0.2) is 9.07 Å². The molecule has 0 N–H and O–H groups in total.